The first-order chi connectivity index (χ1) is 9.29. The minimum Gasteiger partial charge on any atom is -0.292 e. The van der Waals surface area contributed by atoms with Crippen molar-refractivity contribution in [2.75, 3.05) is 13.1 Å². The van der Waals surface area contributed by atoms with E-state index in [0.29, 0.717) is 0 Å². The molecule has 0 saturated heterocycles. The van der Waals surface area contributed by atoms with Crippen molar-refractivity contribution >= 4 is 11.4 Å². The summed E-state index contributed by atoms with van der Waals surface area (Å²) in [4.78, 5) is 20.5. The van der Waals surface area contributed by atoms with Crippen molar-refractivity contribution in [3.63, 3.8) is 0 Å². The molecule has 0 aliphatic rings. The van der Waals surface area contributed by atoms with E-state index in [1.807, 2.05) is 41.5 Å². The lowest BCUT2D eigenvalue weighted by atomic mass is 9.97. The molecule has 0 radical (unpaired) electrons. The summed E-state index contributed by atoms with van der Waals surface area (Å²) in [6.45, 7) is 17.7. The van der Waals surface area contributed by atoms with Gasteiger partial charge in [-0.15, -0.1) is 0 Å². The zero-order chi connectivity index (χ0) is 15.8. The fourth-order valence-electron chi connectivity index (χ4n) is 1.74. The third kappa shape index (κ3) is 4.98. The summed E-state index contributed by atoms with van der Waals surface area (Å²) in [5.74, 6) is 0. The van der Waals surface area contributed by atoms with Gasteiger partial charge in [-0.25, -0.2) is 9.78 Å². The predicted octanol–water partition coefficient (Wildman–Crippen LogP) is 4.23. The van der Waals surface area contributed by atoms with E-state index in [4.69, 9.17) is 9.78 Å². The van der Waals surface area contributed by atoms with Gasteiger partial charge in [0.05, 0.1) is 0 Å². The number of nitrogens with zero attached hydrogens (tertiary/aromatic N) is 2. The average molecular weight is 284 g/mol. The summed E-state index contributed by atoms with van der Waals surface area (Å²) in [6, 6.07) is 0. The molecule has 118 valence electrons. The maximum Gasteiger partial charge on any atom is 0.138 e. The molecule has 0 amide bonds. The lowest BCUT2D eigenvalue weighted by Gasteiger charge is -2.34. The highest BCUT2D eigenvalue weighted by atomic mass is 17.2. The van der Waals surface area contributed by atoms with Gasteiger partial charge in [-0.3, -0.25) is 9.98 Å². The van der Waals surface area contributed by atoms with E-state index in [0.717, 1.165) is 37.4 Å². The van der Waals surface area contributed by atoms with Gasteiger partial charge in [0.1, 0.15) is 11.2 Å². The van der Waals surface area contributed by atoms with Gasteiger partial charge in [-0.05, 0) is 54.4 Å². The number of hydrogen-bond donors (Lipinski definition) is 0. The van der Waals surface area contributed by atoms with Crippen molar-refractivity contribution in [2.24, 2.45) is 9.98 Å². The van der Waals surface area contributed by atoms with E-state index in [-0.39, 0.29) is 0 Å². The second kappa shape index (κ2) is 8.53. The van der Waals surface area contributed by atoms with Crippen LogP contribution in [0.5, 0.6) is 0 Å². The maximum atomic E-state index is 5.81. The van der Waals surface area contributed by atoms with Crippen LogP contribution in [-0.2, 0) is 9.78 Å². The van der Waals surface area contributed by atoms with Crippen molar-refractivity contribution in [3.05, 3.63) is 0 Å². The molecule has 0 spiro atoms. The highest BCUT2D eigenvalue weighted by Gasteiger charge is 2.34. The van der Waals surface area contributed by atoms with Gasteiger partial charge in [-0.1, -0.05) is 13.8 Å². The second-order valence-electron chi connectivity index (χ2n) is 5.45. The zero-order valence-electron chi connectivity index (χ0n) is 14.5. The highest BCUT2D eigenvalue weighted by molar-refractivity contribution is 5.90. The van der Waals surface area contributed by atoms with Crippen molar-refractivity contribution in [1.29, 1.82) is 0 Å². The van der Waals surface area contributed by atoms with Gasteiger partial charge in [-0.2, -0.15) is 0 Å². The lowest BCUT2D eigenvalue weighted by molar-refractivity contribution is -0.377. The minimum atomic E-state index is -0.487. The highest BCUT2D eigenvalue weighted by Crippen LogP contribution is 2.25. The Bertz CT molecular complexity index is 318. The van der Waals surface area contributed by atoms with E-state index in [1.165, 1.54) is 0 Å². The van der Waals surface area contributed by atoms with Crippen LogP contribution in [0, 0.1) is 0 Å². The predicted molar refractivity (Wildman–Crippen MR) is 86.9 cm³/mol. The molecule has 0 aromatic rings. The Labute approximate surface area is 124 Å². The monoisotopic (exact) mass is 284 g/mol. The molecule has 0 saturated carbocycles. The fourth-order valence-corrected chi connectivity index (χ4v) is 1.74. The summed E-state index contributed by atoms with van der Waals surface area (Å²) in [6.07, 6.45) is 1.62. The molecule has 0 aliphatic carbocycles. The Balaban J connectivity index is 5.02. The van der Waals surface area contributed by atoms with E-state index in [9.17, 15) is 0 Å². The first kappa shape index (κ1) is 19.3. The SMILES string of the molecule is CCN=C(C)C(C)(CC)OOC(C)(CC)C(C)=NCC. The standard InChI is InChI=1S/C16H32N2O2/c1-9-15(7,13(5)17-11-3)19-20-16(8,10-2)14(6)18-12-4/h9-12H2,1-8H3. The topological polar surface area (TPSA) is 43.2 Å². The van der Waals surface area contributed by atoms with Gasteiger partial charge >= 0.3 is 0 Å². The van der Waals surface area contributed by atoms with E-state index in [2.05, 4.69) is 23.8 Å². The molecule has 0 bridgehead atoms. The largest absolute Gasteiger partial charge is 0.292 e. The maximum absolute atomic E-state index is 5.81. The molecule has 0 aromatic carbocycles. The molecule has 0 heterocycles. The van der Waals surface area contributed by atoms with Gasteiger partial charge in [0.25, 0.3) is 0 Å². The Hall–Kier alpha value is -0.740. The molecule has 2 unspecified atom stereocenters. The molecular weight excluding hydrogens is 252 g/mol. The van der Waals surface area contributed by atoms with Crippen LogP contribution in [0.2, 0.25) is 0 Å². The van der Waals surface area contributed by atoms with E-state index in [1.54, 1.807) is 0 Å². The van der Waals surface area contributed by atoms with Gasteiger partial charge < -0.3 is 0 Å². The normalized spacial score (nSPS) is 19.6. The Morgan fingerprint density at radius 2 is 1.05 bits per heavy atom. The molecule has 2 atom stereocenters. The summed E-state index contributed by atoms with van der Waals surface area (Å²) in [5.41, 5.74) is 0.954. The molecule has 0 aliphatic heterocycles. The summed E-state index contributed by atoms with van der Waals surface area (Å²) in [7, 11) is 0. The summed E-state index contributed by atoms with van der Waals surface area (Å²) in [5, 5.41) is 0. The Morgan fingerprint density at radius 1 is 0.750 bits per heavy atom. The minimum absolute atomic E-state index is 0.487. The Morgan fingerprint density at radius 3 is 1.25 bits per heavy atom. The number of aliphatic imine (C=N–C) groups is 2. The molecule has 0 aromatic heterocycles. The van der Waals surface area contributed by atoms with E-state index >= 15 is 0 Å². The van der Waals surface area contributed by atoms with Crippen molar-refractivity contribution in [1.82, 2.24) is 0 Å². The first-order valence-corrected chi connectivity index (χ1v) is 7.69. The van der Waals surface area contributed by atoms with Crippen LogP contribution in [0.15, 0.2) is 9.98 Å². The first-order valence-electron chi connectivity index (χ1n) is 7.69. The molecular formula is C16H32N2O2. The fraction of sp³-hybridized carbons (Fsp3) is 0.875. The number of rotatable bonds is 9. The van der Waals surface area contributed by atoms with Gasteiger partial charge in [0.2, 0.25) is 0 Å². The zero-order valence-corrected chi connectivity index (χ0v) is 14.5. The van der Waals surface area contributed by atoms with Crippen LogP contribution in [0.3, 0.4) is 0 Å². The molecule has 0 N–H and O–H groups in total. The summed E-state index contributed by atoms with van der Waals surface area (Å²) < 4.78 is 0. The molecule has 4 heteroatoms. The smallest absolute Gasteiger partial charge is 0.138 e. The second-order valence-corrected chi connectivity index (χ2v) is 5.45. The van der Waals surface area contributed by atoms with Crippen LogP contribution in [0.1, 0.15) is 68.2 Å². The Kier molecular flexibility index (Phi) is 8.21. The third-order valence-electron chi connectivity index (χ3n) is 4.08. The van der Waals surface area contributed by atoms with Gasteiger partial charge in [0, 0.05) is 24.5 Å². The van der Waals surface area contributed by atoms with Crippen LogP contribution >= 0.6 is 0 Å². The molecule has 0 fully saturated rings. The average Bonchev–Trinajstić information content (AvgIpc) is 2.44. The van der Waals surface area contributed by atoms with Gasteiger partial charge in [0.15, 0.2) is 0 Å². The van der Waals surface area contributed by atoms with Crippen LogP contribution < -0.4 is 0 Å². The molecule has 4 nitrogen and oxygen atoms in total. The lowest BCUT2D eigenvalue weighted by Crippen LogP contribution is -2.43. The van der Waals surface area contributed by atoms with Crippen molar-refractivity contribution in [3.8, 4) is 0 Å². The van der Waals surface area contributed by atoms with Crippen molar-refractivity contribution < 1.29 is 9.78 Å². The molecule has 20 heavy (non-hydrogen) atoms. The van der Waals surface area contributed by atoms with Crippen LogP contribution in [0.4, 0.5) is 0 Å². The van der Waals surface area contributed by atoms with Crippen LogP contribution in [0.25, 0.3) is 0 Å². The van der Waals surface area contributed by atoms with Crippen LogP contribution in [-0.4, -0.2) is 35.7 Å². The summed E-state index contributed by atoms with van der Waals surface area (Å²) >= 11 is 0. The number of hydrogen-bond acceptors (Lipinski definition) is 4. The quantitative estimate of drug-likeness (QED) is 0.361. The molecule has 0 rings (SSSR count). The van der Waals surface area contributed by atoms with Crippen molar-refractivity contribution in [2.45, 2.75) is 79.4 Å². The third-order valence-corrected chi connectivity index (χ3v) is 4.08. The van der Waals surface area contributed by atoms with E-state index < -0.39 is 11.2 Å².